The largest absolute Gasteiger partial charge is 0.310 e. The second-order valence-electron chi connectivity index (χ2n) is 12.3. The Bertz CT molecular complexity index is 2530. The standard InChI is InChI=1S/C45H34N2/c1-30-18-19-37-28-38(23-22-36(37)26-30)39-21-20-34-24-25-44-45(41(34)29-39)40-16-10-11-17-43(40)47(44)31(2)27-42(35-14-8-5-9-15-35)46-32(3)33-12-6-4-7-13-33/h4-29H,2H2,1,3H3/b42-27-,46-32?. The van der Waals surface area contributed by atoms with Gasteiger partial charge in [-0.15, -0.1) is 0 Å². The summed E-state index contributed by atoms with van der Waals surface area (Å²) >= 11 is 0. The Morgan fingerprint density at radius 2 is 1.19 bits per heavy atom. The zero-order valence-corrected chi connectivity index (χ0v) is 26.6. The minimum absolute atomic E-state index is 0.861. The highest BCUT2D eigenvalue weighted by molar-refractivity contribution is 6.22. The van der Waals surface area contributed by atoms with Gasteiger partial charge in [-0.1, -0.05) is 140 Å². The Morgan fingerprint density at radius 3 is 1.98 bits per heavy atom. The zero-order valence-electron chi connectivity index (χ0n) is 26.6. The molecule has 7 aromatic carbocycles. The van der Waals surface area contributed by atoms with Crippen molar-refractivity contribution in [3.05, 3.63) is 181 Å². The van der Waals surface area contributed by atoms with E-state index in [9.17, 15) is 0 Å². The number of aryl methyl sites for hydroxylation is 1. The average molecular weight is 603 g/mol. The van der Waals surface area contributed by atoms with Crippen molar-refractivity contribution in [1.29, 1.82) is 0 Å². The third-order valence-corrected chi connectivity index (χ3v) is 9.12. The van der Waals surface area contributed by atoms with Gasteiger partial charge < -0.3 is 4.57 Å². The molecular formula is C45H34N2. The lowest BCUT2D eigenvalue weighted by atomic mass is 9.96. The van der Waals surface area contributed by atoms with Gasteiger partial charge in [0.2, 0.25) is 0 Å². The second kappa shape index (κ2) is 11.7. The number of fused-ring (bicyclic) bond motifs is 6. The molecule has 8 aromatic rings. The Kier molecular flexibility index (Phi) is 7.12. The van der Waals surface area contributed by atoms with Crippen LogP contribution in [0.25, 0.3) is 65.9 Å². The first-order valence-corrected chi connectivity index (χ1v) is 16.1. The fourth-order valence-corrected chi connectivity index (χ4v) is 6.76. The van der Waals surface area contributed by atoms with Gasteiger partial charge in [-0.05, 0) is 82.4 Å². The minimum atomic E-state index is 0.861. The van der Waals surface area contributed by atoms with Crippen LogP contribution in [0.4, 0.5) is 0 Å². The van der Waals surface area contributed by atoms with Crippen LogP contribution in [0.15, 0.2) is 169 Å². The Hall–Kier alpha value is -5.99. The molecule has 0 aliphatic heterocycles. The highest BCUT2D eigenvalue weighted by Crippen LogP contribution is 2.39. The van der Waals surface area contributed by atoms with Crippen LogP contribution in [-0.4, -0.2) is 10.3 Å². The van der Waals surface area contributed by atoms with Crippen LogP contribution in [0.2, 0.25) is 0 Å². The van der Waals surface area contributed by atoms with Crippen molar-refractivity contribution in [2.75, 3.05) is 0 Å². The lowest BCUT2D eigenvalue weighted by molar-refractivity contribution is 1.24. The van der Waals surface area contributed by atoms with Gasteiger partial charge in [-0.25, -0.2) is 0 Å². The van der Waals surface area contributed by atoms with Gasteiger partial charge in [0.25, 0.3) is 0 Å². The summed E-state index contributed by atoms with van der Waals surface area (Å²) in [5, 5.41) is 7.41. The van der Waals surface area contributed by atoms with E-state index < -0.39 is 0 Å². The monoisotopic (exact) mass is 602 g/mol. The van der Waals surface area contributed by atoms with Crippen LogP contribution in [-0.2, 0) is 0 Å². The molecule has 47 heavy (non-hydrogen) atoms. The van der Waals surface area contributed by atoms with E-state index in [1.807, 2.05) is 24.3 Å². The highest BCUT2D eigenvalue weighted by Gasteiger charge is 2.16. The van der Waals surface area contributed by atoms with Crippen molar-refractivity contribution >= 4 is 60.5 Å². The van der Waals surface area contributed by atoms with Crippen molar-refractivity contribution in [1.82, 2.24) is 4.57 Å². The molecule has 0 aliphatic rings. The van der Waals surface area contributed by atoms with Crippen molar-refractivity contribution in [2.24, 2.45) is 4.99 Å². The van der Waals surface area contributed by atoms with E-state index in [-0.39, 0.29) is 0 Å². The number of benzene rings is 7. The molecule has 0 bridgehead atoms. The molecule has 0 unspecified atom stereocenters. The average Bonchev–Trinajstić information content (AvgIpc) is 3.46. The highest BCUT2D eigenvalue weighted by atomic mass is 15.0. The molecule has 0 saturated carbocycles. The van der Waals surface area contributed by atoms with Crippen LogP contribution < -0.4 is 0 Å². The smallest absolute Gasteiger partial charge is 0.0726 e. The molecule has 0 fully saturated rings. The van der Waals surface area contributed by atoms with Gasteiger partial charge in [0.15, 0.2) is 0 Å². The minimum Gasteiger partial charge on any atom is -0.310 e. The Labute approximate surface area is 275 Å². The summed E-state index contributed by atoms with van der Waals surface area (Å²) < 4.78 is 2.28. The van der Waals surface area contributed by atoms with Crippen molar-refractivity contribution < 1.29 is 0 Å². The predicted octanol–water partition coefficient (Wildman–Crippen LogP) is 12.1. The summed E-state index contributed by atoms with van der Waals surface area (Å²) in [4.78, 5) is 5.15. The fourth-order valence-electron chi connectivity index (χ4n) is 6.76. The van der Waals surface area contributed by atoms with Gasteiger partial charge >= 0.3 is 0 Å². The van der Waals surface area contributed by atoms with Crippen LogP contribution in [0.5, 0.6) is 0 Å². The summed E-state index contributed by atoms with van der Waals surface area (Å²) in [6, 6.07) is 54.1. The molecule has 0 aliphatic carbocycles. The van der Waals surface area contributed by atoms with E-state index in [0.717, 1.165) is 39.3 Å². The summed E-state index contributed by atoms with van der Waals surface area (Å²) in [7, 11) is 0. The number of nitrogens with zero attached hydrogens (tertiary/aromatic N) is 2. The van der Waals surface area contributed by atoms with E-state index in [0.29, 0.717) is 0 Å². The maximum absolute atomic E-state index is 5.15. The first kappa shape index (κ1) is 28.5. The van der Waals surface area contributed by atoms with E-state index in [1.54, 1.807) is 0 Å². The molecule has 0 radical (unpaired) electrons. The van der Waals surface area contributed by atoms with Gasteiger partial charge in [0.05, 0.1) is 16.7 Å². The van der Waals surface area contributed by atoms with Crippen molar-refractivity contribution in [2.45, 2.75) is 13.8 Å². The quantitative estimate of drug-likeness (QED) is 0.133. The second-order valence-corrected chi connectivity index (χ2v) is 12.3. The number of hydrogen-bond acceptors (Lipinski definition) is 1. The summed E-state index contributed by atoms with van der Waals surface area (Å²) in [5.74, 6) is 0. The molecule has 2 nitrogen and oxygen atoms in total. The normalized spacial score (nSPS) is 12.4. The number of rotatable bonds is 6. The number of aromatic nitrogens is 1. The van der Waals surface area contributed by atoms with Gasteiger partial charge in [-0.2, -0.15) is 0 Å². The molecule has 2 heteroatoms. The lowest BCUT2D eigenvalue weighted by Crippen LogP contribution is -1.97. The first-order valence-electron chi connectivity index (χ1n) is 16.1. The molecule has 0 atom stereocenters. The summed E-state index contributed by atoms with van der Waals surface area (Å²) in [6.07, 6.45) is 2.12. The number of aliphatic imine (C=N–C) groups is 1. The Balaban J connectivity index is 1.31. The van der Waals surface area contributed by atoms with E-state index in [1.165, 1.54) is 49.0 Å². The number of hydrogen-bond donors (Lipinski definition) is 0. The molecule has 1 aromatic heterocycles. The third kappa shape index (κ3) is 5.24. The predicted molar refractivity (Wildman–Crippen MR) is 203 cm³/mol. The van der Waals surface area contributed by atoms with Crippen LogP contribution in [0.3, 0.4) is 0 Å². The maximum Gasteiger partial charge on any atom is 0.0726 e. The van der Waals surface area contributed by atoms with Crippen molar-refractivity contribution in [3.63, 3.8) is 0 Å². The maximum atomic E-state index is 5.15. The Morgan fingerprint density at radius 1 is 0.574 bits per heavy atom. The molecule has 224 valence electrons. The number of allylic oxidation sites excluding steroid dienone is 2. The van der Waals surface area contributed by atoms with Crippen LogP contribution >= 0.6 is 0 Å². The van der Waals surface area contributed by atoms with E-state index in [4.69, 9.17) is 4.99 Å². The molecule has 1 heterocycles. The number of para-hydroxylation sites is 1. The fraction of sp³-hybridized carbons (Fsp3) is 0.0444. The van der Waals surface area contributed by atoms with Crippen LogP contribution in [0.1, 0.15) is 23.6 Å². The van der Waals surface area contributed by atoms with Gasteiger partial charge in [0.1, 0.15) is 0 Å². The van der Waals surface area contributed by atoms with E-state index in [2.05, 4.69) is 158 Å². The topological polar surface area (TPSA) is 17.3 Å². The molecule has 0 amide bonds. The van der Waals surface area contributed by atoms with Gasteiger partial charge in [-0.3, -0.25) is 4.99 Å². The van der Waals surface area contributed by atoms with Gasteiger partial charge in [0, 0.05) is 27.7 Å². The molecule has 0 N–H and O–H groups in total. The molecule has 0 saturated heterocycles. The lowest BCUT2D eigenvalue weighted by Gasteiger charge is -2.11. The summed E-state index contributed by atoms with van der Waals surface area (Å²) in [5.41, 5.74) is 10.8. The van der Waals surface area contributed by atoms with Crippen LogP contribution in [0, 0.1) is 6.92 Å². The van der Waals surface area contributed by atoms with Crippen molar-refractivity contribution in [3.8, 4) is 11.1 Å². The molecular weight excluding hydrogens is 569 g/mol. The zero-order chi connectivity index (χ0) is 31.9. The third-order valence-electron chi connectivity index (χ3n) is 9.12. The molecule has 8 rings (SSSR count). The summed E-state index contributed by atoms with van der Waals surface area (Å²) in [6.45, 7) is 8.85. The van der Waals surface area contributed by atoms with E-state index >= 15 is 0 Å². The SMILES string of the molecule is C=C(/C=C(\N=C(C)c1ccccc1)c1ccccc1)n1c2ccccc2c2c3cc(-c4ccc5cc(C)ccc5c4)ccc3ccc21. The molecule has 0 spiro atoms. The first-order chi connectivity index (χ1) is 23.0.